The first-order valence-corrected chi connectivity index (χ1v) is 8.34. The summed E-state index contributed by atoms with van der Waals surface area (Å²) in [7, 11) is -3.88. The van der Waals surface area contributed by atoms with Gasteiger partial charge >= 0.3 is 11.2 Å². The third kappa shape index (κ3) is 3.05. The average Bonchev–Trinajstić information content (AvgIpc) is 2.77. The molecule has 0 unspecified atom stereocenters. The number of carboxylic acid groups (broad SMARTS) is 1. The zero-order chi connectivity index (χ0) is 15.5. The van der Waals surface area contributed by atoms with Crippen LogP contribution in [0.5, 0.6) is 0 Å². The number of carbonyl (C=O) groups is 1. The predicted molar refractivity (Wildman–Crippen MR) is 76.0 cm³/mol. The summed E-state index contributed by atoms with van der Waals surface area (Å²) in [5.74, 6) is -0.165. The lowest BCUT2D eigenvalue weighted by Gasteiger charge is -2.22. The van der Waals surface area contributed by atoms with Crippen LogP contribution in [0.3, 0.4) is 0 Å². The minimum atomic E-state index is -3.88. The van der Waals surface area contributed by atoms with Crippen LogP contribution < -0.4 is 16.0 Å². The van der Waals surface area contributed by atoms with E-state index in [1.54, 1.807) is 24.3 Å². The van der Waals surface area contributed by atoms with Crippen molar-refractivity contribution >= 4 is 15.9 Å². The van der Waals surface area contributed by atoms with E-state index in [1.165, 1.54) is 0 Å². The molecule has 2 rings (SSSR count). The third-order valence-electron chi connectivity index (χ3n) is 3.15. The number of unbranched alkanes of at least 4 members (excludes halogenated alkanes) is 2. The Morgan fingerprint density at radius 2 is 1.81 bits per heavy atom. The fraction of sp³-hybridized carbons (Fsp3) is 0.462. The smallest absolute Gasteiger partial charge is 0.408 e. The Morgan fingerprint density at radius 3 is 2.29 bits per heavy atom. The Balaban J connectivity index is 2.46. The van der Waals surface area contributed by atoms with Gasteiger partial charge in [0.2, 0.25) is 9.84 Å². The minimum Gasteiger partial charge on any atom is -0.465 e. The molecule has 8 heteroatoms. The summed E-state index contributed by atoms with van der Waals surface area (Å²) in [4.78, 5) is 19.0. The molecule has 1 aromatic rings. The molecule has 1 aliphatic heterocycles. The lowest BCUT2D eigenvalue weighted by atomic mass is 10.3. The van der Waals surface area contributed by atoms with Crippen LogP contribution in [0, 0.1) is 0 Å². The minimum absolute atomic E-state index is 0.165. The molecule has 0 saturated carbocycles. The summed E-state index contributed by atoms with van der Waals surface area (Å²) in [6, 6.07) is 6.59. The number of benzene rings is 1. The maximum absolute atomic E-state index is 12.5. The largest absolute Gasteiger partial charge is 0.465 e. The van der Waals surface area contributed by atoms with Crippen molar-refractivity contribution in [3.63, 3.8) is 0 Å². The molecular formula is C13H17N3O4S. The number of nitrogens with zero attached hydrogens (tertiary/aromatic N) is 2. The lowest BCUT2D eigenvalue weighted by Crippen LogP contribution is -2.51. The highest BCUT2D eigenvalue weighted by Gasteiger charge is 2.46. The summed E-state index contributed by atoms with van der Waals surface area (Å²) < 4.78 is 25.0. The van der Waals surface area contributed by atoms with E-state index in [0.717, 1.165) is 12.8 Å². The van der Waals surface area contributed by atoms with Gasteiger partial charge < -0.3 is 5.11 Å². The summed E-state index contributed by atoms with van der Waals surface area (Å²) >= 11 is 0. The first-order valence-electron chi connectivity index (χ1n) is 6.68. The van der Waals surface area contributed by atoms with Gasteiger partial charge in [-0.15, -0.1) is 0 Å². The van der Waals surface area contributed by atoms with Crippen molar-refractivity contribution in [3.05, 3.63) is 35.0 Å². The van der Waals surface area contributed by atoms with Gasteiger partial charge in [-0.1, -0.05) is 31.9 Å². The van der Waals surface area contributed by atoms with Crippen LogP contribution in [0.15, 0.2) is 34.3 Å². The van der Waals surface area contributed by atoms with Crippen LogP contribution in [0.25, 0.3) is 0 Å². The highest BCUT2D eigenvalue weighted by molar-refractivity contribution is 7.92. The van der Waals surface area contributed by atoms with Gasteiger partial charge in [-0.2, -0.15) is 0 Å². The van der Waals surface area contributed by atoms with Gasteiger partial charge in [0.15, 0.2) is 0 Å². The van der Waals surface area contributed by atoms with Crippen molar-refractivity contribution in [1.29, 1.82) is 0 Å². The molecule has 0 bridgehead atoms. The highest BCUT2D eigenvalue weighted by Crippen LogP contribution is 2.21. The van der Waals surface area contributed by atoms with Crippen molar-refractivity contribution in [2.75, 3.05) is 5.75 Å². The molecule has 1 aliphatic rings. The van der Waals surface area contributed by atoms with Gasteiger partial charge in [0.05, 0.1) is 16.5 Å². The molecule has 0 aromatic heterocycles. The number of nitrogens with one attached hydrogen (secondary N) is 1. The molecule has 7 nitrogen and oxygen atoms in total. The Morgan fingerprint density at radius 1 is 1.24 bits per heavy atom. The van der Waals surface area contributed by atoms with E-state index in [9.17, 15) is 13.2 Å². The van der Waals surface area contributed by atoms with Crippen LogP contribution in [0.2, 0.25) is 0 Å². The van der Waals surface area contributed by atoms with Gasteiger partial charge in [0, 0.05) is 0 Å². The Kier molecular flexibility index (Phi) is 4.26. The lowest BCUT2D eigenvalue weighted by molar-refractivity contribution is 0.187. The van der Waals surface area contributed by atoms with Gasteiger partial charge in [0.25, 0.3) is 0 Å². The van der Waals surface area contributed by atoms with Gasteiger partial charge in [-0.25, -0.2) is 23.2 Å². The Labute approximate surface area is 122 Å². The quantitative estimate of drug-likeness (QED) is 0.742. The Bertz CT molecular complexity index is 723. The number of hydrogen-bond acceptors (Lipinski definition) is 5. The number of sulfone groups is 1. The molecule has 1 amide bonds. The summed E-state index contributed by atoms with van der Waals surface area (Å²) in [5.41, 5.74) is 0. The van der Waals surface area contributed by atoms with Crippen LogP contribution in [0.4, 0.5) is 4.79 Å². The zero-order valence-electron chi connectivity index (χ0n) is 11.6. The van der Waals surface area contributed by atoms with E-state index in [0.29, 0.717) is 17.1 Å². The second kappa shape index (κ2) is 5.80. The molecular weight excluding hydrogens is 294 g/mol. The maximum atomic E-state index is 12.5. The molecule has 0 saturated heterocycles. The van der Waals surface area contributed by atoms with Crippen molar-refractivity contribution in [1.82, 2.24) is 5.32 Å². The van der Waals surface area contributed by atoms with Crippen molar-refractivity contribution in [3.8, 4) is 0 Å². The van der Waals surface area contributed by atoms with Crippen molar-refractivity contribution in [2.24, 2.45) is 9.98 Å². The van der Waals surface area contributed by atoms with Crippen molar-refractivity contribution in [2.45, 2.75) is 31.3 Å². The highest BCUT2D eigenvalue weighted by atomic mass is 32.2. The van der Waals surface area contributed by atoms with Gasteiger partial charge in [-0.3, -0.25) is 5.32 Å². The van der Waals surface area contributed by atoms with Gasteiger partial charge in [0.1, 0.15) is 0 Å². The van der Waals surface area contributed by atoms with E-state index in [4.69, 9.17) is 5.11 Å². The van der Waals surface area contributed by atoms with E-state index < -0.39 is 21.0 Å². The summed E-state index contributed by atoms with van der Waals surface area (Å²) in [6.07, 6.45) is 0.580. The topological polar surface area (TPSA) is 108 Å². The molecule has 2 N–H and O–H groups in total. The average molecular weight is 311 g/mol. The summed E-state index contributed by atoms with van der Waals surface area (Å²) in [5, 5.41) is 9.50. The number of fused-ring (bicyclic) bond motifs is 1. The van der Waals surface area contributed by atoms with E-state index in [2.05, 4.69) is 9.98 Å². The van der Waals surface area contributed by atoms with E-state index in [1.807, 2.05) is 12.2 Å². The van der Waals surface area contributed by atoms with Crippen LogP contribution in [-0.4, -0.2) is 30.5 Å². The number of amides is 1. The monoisotopic (exact) mass is 311 g/mol. The third-order valence-corrected chi connectivity index (χ3v) is 5.12. The van der Waals surface area contributed by atoms with Crippen molar-refractivity contribution < 1.29 is 18.3 Å². The molecule has 0 spiro atoms. The SMILES string of the molecule is CCCCCS(=O)(=O)C1(NC(=O)O)N=c2ccccc2=N1. The standard InChI is InChI=1S/C13H17N3O4S/c1-2-3-6-9-21(19,20)13(16-12(17)18)14-10-7-4-5-8-11(10)15-13/h4-5,7-8,16H,2-3,6,9H2,1H3,(H,17,18). The Hall–Kier alpha value is -1.96. The first kappa shape index (κ1) is 15.4. The predicted octanol–water partition coefficient (Wildman–Crippen LogP) is 0.423. The second-order valence-corrected chi connectivity index (χ2v) is 6.98. The number of hydrogen-bond donors (Lipinski definition) is 2. The normalized spacial score (nSPS) is 15.7. The molecule has 0 radical (unpaired) electrons. The fourth-order valence-corrected chi connectivity index (χ4v) is 3.69. The van der Waals surface area contributed by atoms with E-state index in [-0.39, 0.29) is 5.75 Å². The second-order valence-electron chi connectivity index (χ2n) is 4.78. The molecule has 1 heterocycles. The molecule has 0 aliphatic carbocycles. The van der Waals surface area contributed by atoms with Gasteiger partial charge in [-0.05, 0) is 18.6 Å². The van der Waals surface area contributed by atoms with E-state index >= 15 is 0 Å². The molecule has 1 aromatic carbocycles. The summed E-state index contributed by atoms with van der Waals surface area (Å²) in [6.45, 7) is 1.96. The number of rotatable bonds is 6. The first-order chi connectivity index (χ1) is 9.90. The van der Waals surface area contributed by atoms with Crippen LogP contribution in [0.1, 0.15) is 26.2 Å². The zero-order valence-corrected chi connectivity index (χ0v) is 12.4. The molecule has 21 heavy (non-hydrogen) atoms. The molecule has 0 atom stereocenters. The number of para-hydroxylation sites is 2. The molecule has 114 valence electrons. The molecule has 0 fully saturated rings. The maximum Gasteiger partial charge on any atom is 0.408 e. The van der Waals surface area contributed by atoms with Crippen LogP contribution >= 0.6 is 0 Å². The van der Waals surface area contributed by atoms with Crippen LogP contribution in [-0.2, 0) is 9.84 Å². The fourth-order valence-electron chi connectivity index (χ4n) is 2.10.